The molecule has 0 saturated carbocycles. The molecule has 8 heteroatoms. The smallest absolute Gasteiger partial charge is 0.387 e. The van der Waals surface area contributed by atoms with E-state index in [0.717, 1.165) is 0 Å². The molecule has 0 radical (unpaired) electrons. The summed E-state index contributed by atoms with van der Waals surface area (Å²) in [5, 5.41) is 5.17. The Morgan fingerprint density at radius 3 is 2.68 bits per heavy atom. The Kier molecular flexibility index (Phi) is 4.11. The fourth-order valence-corrected chi connectivity index (χ4v) is 2.05. The normalized spacial score (nSPS) is 16.7. The van der Waals surface area contributed by atoms with Crippen molar-refractivity contribution in [3.05, 3.63) is 33.9 Å². The maximum atomic E-state index is 12.3. The van der Waals surface area contributed by atoms with Crippen LogP contribution in [0, 0.1) is 0 Å². The van der Waals surface area contributed by atoms with Crippen LogP contribution in [0.5, 0.6) is 5.75 Å². The molecule has 1 aromatic carbocycles. The van der Waals surface area contributed by atoms with Gasteiger partial charge in [-0.1, -0.05) is 15.9 Å². The maximum Gasteiger partial charge on any atom is 0.387 e. The van der Waals surface area contributed by atoms with E-state index in [0.29, 0.717) is 10.0 Å². The van der Waals surface area contributed by atoms with Gasteiger partial charge < -0.3 is 10.1 Å². The minimum absolute atomic E-state index is 0.0295. The third-order valence-electron chi connectivity index (χ3n) is 2.21. The van der Waals surface area contributed by atoms with Crippen molar-refractivity contribution in [3.8, 4) is 5.75 Å². The van der Waals surface area contributed by atoms with Crippen molar-refractivity contribution in [2.75, 3.05) is 0 Å². The molecule has 0 spiro atoms. The van der Waals surface area contributed by atoms with Gasteiger partial charge in [0.2, 0.25) is 0 Å². The first kappa shape index (κ1) is 13.9. The van der Waals surface area contributed by atoms with Crippen molar-refractivity contribution in [1.82, 2.24) is 10.6 Å². The zero-order valence-electron chi connectivity index (χ0n) is 9.25. The summed E-state index contributed by atoms with van der Waals surface area (Å²) < 4.78 is 29.6. The zero-order chi connectivity index (χ0) is 14.0. The van der Waals surface area contributed by atoms with Gasteiger partial charge in [-0.3, -0.25) is 10.1 Å². The number of hydrogen-bond acceptors (Lipinski definition) is 3. The van der Waals surface area contributed by atoms with E-state index in [4.69, 9.17) is 12.2 Å². The van der Waals surface area contributed by atoms with Gasteiger partial charge in [-0.25, -0.2) is 0 Å². The number of halogens is 3. The molecule has 1 aromatic rings. The Bertz CT molecular complexity index is 578. The molecule has 0 atom stereocenters. The molecule has 100 valence electrons. The largest absolute Gasteiger partial charge is 0.434 e. The summed E-state index contributed by atoms with van der Waals surface area (Å²) in [5.74, 6) is -0.453. The standard InChI is InChI=1S/C11H7BrF2N2O2S/c12-6-1-2-8(18-10(13)14)5(3-6)4-7-9(17)16-11(19)15-7/h1-4,10H,(H2,15,16,17,19)/b7-4-. The molecule has 1 heterocycles. The van der Waals surface area contributed by atoms with Gasteiger partial charge in [0, 0.05) is 10.0 Å². The molecule has 1 saturated heterocycles. The topological polar surface area (TPSA) is 50.4 Å². The van der Waals surface area contributed by atoms with Crippen LogP contribution in [0.2, 0.25) is 0 Å². The van der Waals surface area contributed by atoms with Gasteiger partial charge >= 0.3 is 6.61 Å². The van der Waals surface area contributed by atoms with E-state index in [1.807, 2.05) is 0 Å². The lowest BCUT2D eigenvalue weighted by Gasteiger charge is -2.08. The first-order valence-electron chi connectivity index (χ1n) is 5.04. The average Bonchev–Trinajstić information content (AvgIpc) is 2.61. The van der Waals surface area contributed by atoms with E-state index in [1.54, 1.807) is 12.1 Å². The Morgan fingerprint density at radius 2 is 2.11 bits per heavy atom. The summed E-state index contributed by atoms with van der Waals surface area (Å²) in [6.07, 6.45) is 1.39. The molecule has 4 nitrogen and oxygen atoms in total. The highest BCUT2D eigenvalue weighted by Gasteiger charge is 2.21. The molecule has 0 aromatic heterocycles. The lowest BCUT2D eigenvalue weighted by molar-refractivity contribution is -0.115. The van der Waals surface area contributed by atoms with Gasteiger partial charge in [0.05, 0.1) is 0 Å². The third-order valence-corrected chi connectivity index (χ3v) is 2.90. The highest BCUT2D eigenvalue weighted by atomic mass is 79.9. The van der Waals surface area contributed by atoms with Gasteiger partial charge in [0.15, 0.2) is 5.11 Å². The van der Waals surface area contributed by atoms with Crippen LogP contribution in [0.1, 0.15) is 5.56 Å². The molecular formula is C11H7BrF2N2O2S. The van der Waals surface area contributed by atoms with Crippen LogP contribution >= 0.6 is 28.1 Å². The Morgan fingerprint density at radius 1 is 1.37 bits per heavy atom. The number of hydrogen-bond donors (Lipinski definition) is 2. The quantitative estimate of drug-likeness (QED) is 0.650. The first-order valence-corrected chi connectivity index (χ1v) is 6.24. The van der Waals surface area contributed by atoms with Crippen LogP contribution < -0.4 is 15.4 Å². The monoisotopic (exact) mass is 348 g/mol. The second-order valence-corrected chi connectivity index (χ2v) is 4.85. The molecule has 0 unspecified atom stereocenters. The van der Waals surface area contributed by atoms with Gasteiger partial charge in [-0.15, -0.1) is 0 Å². The van der Waals surface area contributed by atoms with Crippen LogP contribution in [0.15, 0.2) is 28.4 Å². The number of thiocarbonyl (C=S) groups is 1. The number of rotatable bonds is 3. The summed E-state index contributed by atoms with van der Waals surface area (Å²) in [6.45, 7) is -2.94. The summed E-state index contributed by atoms with van der Waals surface area (Å²) in [4.78, 5) is 11.5. The number of alkyl halides is 2. The summed E-state index contributed by atoms with van der Waals surface area (Å²) in [6, 6.07) is 4.50. The Labute approximate surface area is 120 Å². The van der Waals surface area contributed by atoms with Crippen LogP contribution in [0.25, 0.3) is 6.08 Å². The Balaban J connectivity index is 2.38. The molecule has 1 amide bonds. The van der Waals surface area contributed by atoms with E-state index in [1.165, 1.54) is 12.1 Å². The molecule has 0 aliphatic carbocycles. The summed E-state index contributed by atoms with van der Waals surface area (Å²) in [5.41, 5.74) is 0.499. The van der Waals surface area contributed by atoms with Gasteiger partial charge in [-0.05, 0) is 36.5 Å². The lowest BCUT2D eigenvalue weighted by atomic mass is 10.1. The second-order valence-electron chi connectivity index (χ2n) is 3.53. The second kappa shape index (κ2) is 5.62. The van der Waals surface area contributed by atoms with Crippen molar-refractivity contribution in [1.29, 1.82) is 0 Å². The number of carbonyl (C=O) groups excluding carboxylic acids is 1. The van der Waals surface area contributed by atoms with Crippen molar-refractivity contribution in [3.63, 3.8) is 0 Å². The SMILES string of the molecule is O=C1NC(=S)N/C1=C\c1cc(Br)ccc1OC(F)F. The predicted octanol–water partition coefficient (Wildman–Crippen LogP) is 2.40. The summed E-state index contributed by atoms with van der Waals surface area (Å²) >= 11 is 7.99. The van der Waals surface area contributed by atoms with Gasteiger partial charge in [0.25, 0.3) is 5.91 Å². The summed E-state index contributed by atoms with van der Waals surface area (Å²) in [7, 11) is 0. The fraction of sp³-hybridized carbons (Fsp3) is 0.0909. The minimum Gasteiger partial charge on any atom is -0.434 e. The van der Waals surface area contributed by atoms with Gasteiger partial charge in [-0.2, -0.15) is 8.78 Å². The molecule has 19 heavy (non-hydrogen) atoms. The molecule has 0 bridgehead atoms. The average molecular weight is 349 g/mol. The number of amides is 1. The third kappa shape index (κ3) is 3.48. The van der Waals surface area contributed by atoms with Crippen molar-refractivity contribution in [2.24, 2.45) is 0 Å². The van der Waals surface area contributed by atoms with Gasteiger partial charge in [0.1, 0.15) is 11.4 Å². The highest BCUT2D eigenvalue weighted by molar-refractivity contribution is 9.10. The molecule has 1 aliphatic heterocycles. The molecule has 2 N–H and O–H groups in total. The van der Waals surface area contributed by atoms with E-state index in [-0.39, 0.29) is 16.6 Å². The van der Waals surface area contributed by atoms with Crippen LogP contribution in [-0.2, 0) is 4.79 Å². The van der Waals surface area contributed by atoms with Crippen LogP contribution in [0.3, 0.4) is 0 Å². The Hall–Kier alpha value is -1.54. The number of carbonyl (C=O) groups is 1. The predicted molar refractivity (Wildman–Crippen MR) is 72.6 cm³/mol. The van der Waals surface area contributed by atoms with E-state index >= 15 is 0 Å². The van der Waals surface area contributed by atoms with Crippen molar-refractivity contribution in [2.45, 2.75) is 6.61 Å². The van der Waals surface area contributed by atoms with Crippen molar-refractivity contribution < 1.29 is 18.3 Å². The van der Waals surface area contributed by atoms with E-state index < -0.39 is 12.5 Å². The number of ether oxygens (including phenoxy) is 1. The number of benzene rings is 1. The molecular weight excluding hydrogens is 342 g/mol. The molecule has 1 fully saturated rings. The molecule has 2 rings (SSSR count). The number of nitrogens with one attached hydrogen (secondary N) is 2. The minimum atomic E-state index is -2.94. The molecule has 1 aliphatic rings. The van der Waals surface area contributed by atoms with Crippen molar-refractivity contribution >= 4 is 45.2 Å². The first-order chi connectivity index (χ1) is 8.95. The zero-order valence-corrected chi connectivity index (χ0v) is 11.6. The highest BCUT2D eigenvalue weighted by Crippen LogP contribution is 2.27. The maximum absolute atomic E-state index is 12.3. The van der Waals surface area contributed by atoms with Crippen LogP contribution in [0.4, 0.5) is 8.78 Å². The van der Waals surface area contributed by atoms with Crippen LogP contribution in [-0.4, -0.2) is 17.6 Å². The van der Waals surface area contributed by atoms with E-state index in [9.17, 15) is 13.6 Å². The fourth-order valence-electron chi connectivity index (χ4n) is 1.47. The van der Waals surface area contributed by atoms with E-state index in [2.05, 4.69) is 31.3 Å². The lowest BCUT2D eigenvalue weighted by Crippen LogP contribution is -2.21.